The summed E-state index contributed by atoms with van der Waals surface area (Å²) in [7, 11) is 1.57. The van der Waals surface area contributed by atoms with Crippen LogP contribution in [0.15, 0.2) is 0 Å². The van der Waals surface area contributed by atoms with Gasteiger partial charge in [0.2, 0.25) is 5.91 Å². The van der Waals surface area contributed by atoms with Crippen LogP contribution in [0.5, 0.6) is 0 Å². The van der Waals surface area contributed by atoms with Crippen LogP contribution in [0.2, 0.25) is 0 Å². The van der Waals surface area contributed by atoms with E-state index in [0.29, 0.717) is 25.8 Å². The Hall–Kier alpha value is -0.260. The minimum Gasteiger partial charge on any atom is -0.344 e. The molecule has 1 amide bonds. The minimum absolute atomic E-state index is 0.0810. The molecular weight excluding hydrogens is 311 g/mol. The van der Waals surface area contributed by atoms with E-state index in [9.17, 15) is 18.0 Å². The number of carbonyl (C=O) groups is 1. The molecule has 0 bridgehead atoms. The van der Waals surface area contributed by atoms with Crippen molar-refractivity contribution in [1.82, 2.24) is 4.90 Å². The van der Waals surface area contributed by atoms with E-state index in [1.165, 1.54) is 4.90 Å². The van der Waals surface area contributed by atoms with E-state index in [-0.39, 0.29) is 17.2 Å². The zero-order chi connectivity index (χ0) is 13.9. The molecule has 0 radical (unpaired) electrons. The van der Waals surface area contributed by atoms with Crippen molar-refractivity contribution in [1.29, 1.82) is 0 Å². The van der Waals surface area contributed by atoms with Crippen LogP contribution < -0.4 is 0 Å². The molecule has 0 aromatic heterocycles. The standard InChI is InChI=1S/C12H19BrF3NO/c1-8(13)7-17(2)11(18)9-5-3-4-6-10(9)12(14,15)16/h8-10H,3-7H2,1-2H3. The highest BCUT2D eigenvalue weighted by Gasteiger charge is 2.48. The van der Waals surface area contributed by atoms with Crippen LogP contribution in [0, 0.1) is 11.8 Å². The maximum Gasteiger partial charge on any atom is 0.392 e. The Bertz CT molecular complexity index is 294. The molecule has 0 N–H and O–H groups in total. The third-order valence-electron chi connectivity index (χ3n) is 3.41. The van der Waals surface area contributed by atoms with Crippen LogP contribution in [0.1, 0.15) is 32.6 Å². The third kappa shape index (κ3) is 4.14. The molecule has 1 saturated carbocycles. The summed E-state index contributed by atoms with van der Waals surface area (Å²) in [6.07, 6.45) is -2.56. The largest absolute Gasteiger partial charge is 0.392 e. The van der Waals surface area contributed by atoms with Gasteiger partial charge >= 0.3 is 6.18 Å². The molecular formula is C12H19BrF3NO. The second-order valence-corrected chi connectivity index (χ2v) is 6.60. The Labute approximate surface area is 114 Å². The molecule has 3 atom stereocenters. The van der Waals surface area contributed by atoms with Gasteiger partial charge in [-0.25, -0.2) is 0 Å². The van der Waals surface area contributed by atoms with E-state index >= 15 is 0 Å². The quantitative estimate of drug-likeness (QED) is 0.724. The van der Waals surface area contributed by atoms with Crippen molar-refractivity contribution < 1.29 is 18.0 Å². The second-order valence-electron chi connectivity index (χ2n) is 5.04. The Morgan fingerprint density at radius 3 is 2.44 bits per heavy atom. The number of carbonyl (C=O) groups excluding carboxylic acids is 1. The lowest BCUT2D eigenvalue weighted by Crippen LogP contribution is -2.44. The topological polar surface area (TPSA) is 20.3 Å². The molecule has 1 aliphatic carbocycles. The maximum absolute atomic E-state index is 12.9. The van der Waals surface area contributed by atoms with E-state index in [4.69, 9.17) is 0 Å². The molecule has 0 aliphatic heterocycles. The van der Waals surface area contributed by atoms with Crippen LogP contribution in [-0.4, -0.2) is 35.4 Å². The number of rotatable bonds is 3. The predicted octanol–water partition coefficient (Wildman–Crippen LogP) is 3.60. The van der Waals surface area contributed by atoms with Crippen LogP contribution in [0.3, 0.4) is 0 Å². The van der Waals surface area contributed by atoms with E-state index in [2.05, 4.69) is 15.9 Å². The van der Waals surface area contributed by atoms with E-state index in [1.54, 1.807) is 7.05 Å². The molecule has 1 aliphatic rings. The number of hydrogen-bond acceptors (Lipinski definition) is 1. The van der Waals surface area contributed by atoms with Crippen molar-refractivity contribution in [3.63, 3.8) is 0 Å². The normalized spacial score (nSPS) is 26.8. The van der Waals surface area contributed by atoms with E-state index in [0.717, 1.165) is 0 Å². The molecule has 106 valence electrons. The Morgan fingerprint density at radius 1 is 1.39 bits per heavy atom. The van der Waals surface area contributed by atoms with Gasteiger partial charge in [0.1, 0.15) is 0 Å². The number of alkyl halides is 4. The lowest BCUT2D eigenvalue weighted by molar-refractivity contribution is -0.200. The van der Waals surface area contributed by atoms with Gasteiger partial charge in [-0.05, 0) is 12.8 Å². The summed E-state index contributed by atoms with van der Waals surface area (Å²) in [5, 5.41) is 0. The Kier molecular flexibility index (Phi) is 5.49. The molecule has 0 heterocycles. The Morgan fingerprint density at radius 2 is 1.94 bits per heavy atom. The molecule has 0 aromatic carbocycles. The van der Waals surface area contributed by atoms with Crippen molar-refractivity contribution in [2.45, 2.75) is 43.6 Å². The minimum atomic E-state index is -4.26. The molecule has 0 saturated heterocycles. The second kappa shape index (κ2) is 6.26. The molecule has 6 heteroatoms. The molecule has 0 spiro atoms. The van der Waals surface area contributed by atoms with Gasteiger partial charge in [0, 0.05) is 24.3 Å². The smallest absolute Gasteiger partial charge is 0.344 e. The first-order valence-corrected chi connectivity index (χ1v) is 7.10. The molecule has 1 rings (SSSR count). The first kappa shape index (κ1) is 15.8. The predicted molar refractivity (Wildman–Crippen MR) is 67.5 cm³/mol. The fraction of sp³-hybridized carbons (Fsp3) is 0.917. The maximum atomic E-state index is 12.9. The third-order valence-corrected chi connectivity index (χ3v) is 3.69. The summed E-state index contributed by atoms with van der Waals surface area (Å²) in [5.41, 5.74) is 0. The van der Waals surface area contributed by atoms with Gasteiger partial charge in [0.05, 0.1) is 5.92 Å². The molecule has 18 heavy (non-hydrogen) atoms. The molecule has 1 fully saturated rings. The summed E-state index contributed by atoms with van der Waals surface area (Å²) >= 11 is 3.31. The van der Waals surface area contributed by atoms with E-state index in [1.807, 2.05) is 6.92 Å². The average Bonchev–Trinajstić information content (AvgIpc) is 2.26. The van der Waals surface area contributed by atoms with Gasteiger partial charge in [-0.2, -0.15) is 13.2 Å². The van der Waals surface area contributed by atoms with Gasteiger partial charge < -0.3 is 4.90 Å². The number of halogens is 4. The summed E-state index contributed by atoms with van der Waals surface area (Å²) in [6.45, 7) is 2.30. The first-order chi connectivity index (χ1) is 8.23. The summed E-state index contributed by atoms with van der Waals surface area (Å²) in [5.74, 6) is -2.73. The van der Waals surface area contributed by atoms with Crippen molar-refractivity contribution in [2.24, 2.45) is 11.8 Å². The van der Waals surface area contributed by atoms with Crippen LogP contribution in [0.4, 0.5) is 13.2 Å². The highest BCUT2D eigenvalue weighted by atomic mass is 79.9. The van der Waals surface area contributed by atoms with Crippen molar-refractivity contribution in [3.05, 3.63) is 0 Å². The highest BCUT2D eigenvalue weighted by molar-refractivity contribution is 9.09. The average molecular weight is 330 g/mol. The molecule has 0 aromatic rings. The Balaban J connectivity index is 2.74. The van der Waals surface area contributed by atoms with E-state index < -0.39 is 18.0 Å². The lowest BCUT2D eigenvalue weighted by Gasteiger charge is -2.34. The fourth-order valence-corrected chi connectivity index (χ4v) is 3.00. The monoisotopic (exact) mass is 329 g/mol. The summed E-state index contributed by atoms with van der Waals surface area (Å²) < 4.78 is 38.7. The van der Waals surface area contributed by atoms with Gasteiger partial charge in [0.25, 0.3) is 0 Å². The number of nitrogens with zero attached hydrogens (tertiary/aromatic N) is 1. The van der Waals surface area contributed by atoms with Crippen LogP contribution >= 0.6 is 15.9 Å². The van der Waals surface area contributed by atoms with Gasteiger partial charge in [-0.3, -0.25) is 4.79 Å². The van der Waals surface area contributed by atoms with Crippen molar-refractivity contribution in [3.8, 4) is 0 Å². The van der Waals surface area contributed by atoms with Gasteiger partial charge in [0.15, 0.2) is 0 Å². The van der Waals surface area contributed by atoms with Crippen LogP contribution in [-0.2, 0) is 4.79 Å². The van der Waals surface area contributed by atoms with Crippen molar-refractivity contribution in [2.75, 3.05) is 13.6 Å². The number of hydrogen-bond donors (Lipinski definition) is 0. The zero-order valence-corrected chi connectivity index (χ0v) is 12.2. The summed E-state index contributed by atoms with van der Waals surface area (Å²) in [6, 6.07) is 0. The van der Waals surface area contributed by atoms with Gasteiger partial charge in [-0.15, -0.1) is 0 Å². The fourth-order valence-electron chi connectivity index (χ4n) is 2.57. The van der Waals surface area contributed by atoms with Gasteiger partial charge in [-0.1, -0.05) is 35.7 Å². The summed E-state index contributed by atoms with van der Waals surface area (Å²) in [4.78, 5) is 13.6. The zero-order valence-electron chi connectivity index (χ0n) is 10.6. The highest BCUT2D eigenvalue weighted by Crippen LogP contribution is 2.42. The SMILES string of the molecule is CC(Br)CN(C)C(=O)C1CCCCC1C(F)(F)F. The molecule has 2 nitrogen and oxygen atoms in total. The molecule has 3 unspecified atom stereocenters. The number of amides is 1. The van der Waals surface area contributed by atoms with Crippen molar-refractivity contribution >= 4 is 21.8 Å². The first-order valence-electron chi connectivity index (χ1n) is 6.19. The van der Waals surface area contributed by atoms with Crippen LogP contribution in [0.25, 0.3) is 0 Å². The lowest BCUT2D eigenvalue weighted by atomic mass is 9.78.